The highest BCUT2D eigenvalue weighted by Crippen LogP contribution is 2.32. The van der Waals surface area contributed by atoms with Crippen LogP contribution in [0.5, 0.6) is 0 Å². The molecule has 0 atom stereocenters. The standard InChI is InChI=1S/C13H17BrO2/c1-9-4-5-10(6-11(9)14)12-15-7-13(2,3)8-16-12/h4-6,12H,7-8H2,1-3H3. The molecule has 1 aromatic carbocycles. The van der Waals surface area contributed by atoms with Crippen molar-refractivity contribution >= 4 is 15.9 Å². The lowest BCUT2D eigenvalue weighted by Gasteiger charge is -2.34. The normalized spacial score (nSPS) is 21.0. The molecule has 1 heterocycles. The third kappa shape index (κ3) is 2.65. The zero-order valence-corrected chi connectivity index (χ0v) is 11.5. The molecule has 0 bridgehead atoms. The Hall–Kier alpha value is -0.380. The van der Waals surface area contributed by atoms with Crippen LogP contribution in [-0.2, 0) is 9.47 Å². The molecule has 1 aliphatic heterocycles. The minimum absolute atomic E-state index is 0.123. The molecule has 88 valence electrons. The van der Waals surface area contributed by atoms with Crippen molar-refractivity contribution in [1.82, 2.24) is 0 Å². The Balaban J connectivity index is 2.11. The lowest BCUT2D eigenvalue weighted by atomic mass is 9.95. The molecule has 0 amide bonds. The highest BCUT2D eigenvalue weighted by atomic mass is 79.9. The second-order valence-electron chi connectivity index (χ2n) is 5.13. The van der Waals surface area contributed by atoms with Crippen LogP contribution in [0.3, 0.4) is 0 Å². The van der Waals surface area contributed by atoms with Crippen LogP contribution in [-0.4, -0.2) is 13.2 Å². The largest absolute Gasteiger partial charge is 0.348 e. The van der Waals surface area contributed by atoms with Crippen molar-refractivity contribution < 1.29 is 9.47 Å². The molecule has 1 fully saturated rings. The van der Waals surface area contributed by atoms with Crippen molar-refractivity contribution in [3.05, 3.63) is 33.8 Å². The quantitative estimate of drug-likeness (QED) is 0.780. The second-order valence-corrected chi connectivity index (χ2v) is 5.98. The van der Waals surface area contributed by atoms with Crippen LogP contribution in [0.1, 0.15) is 31.3 Å². The number of halogens is 1. The van der Waals surface area contributed by atoms with Crippen molar-refractivity contribution in [3.63, 3.8) is 0 Å². The minimum Gasteiger partial charge on any atom is -0.348 e. The zero-order chi connectivity index (χ0) is 11.8. The fraction of sp³-hybridized carbons (Fsp3) is 0.538. The van der Waals surface area contributed by atoms with E-state index in [0.717, 1.165) is 23.2 Å². The van der Waals surface area contributed by atoms with E-state index in [2.05, 4.69) is 54.9 Å². The van der Waals surface area contributed by atoms with Gasteiger partial charge >= 0.3 is 0 Å². The molecule has 3 heteroatoms. The van der Waals surface area contributed by atoms with Gasteiger partial charge in [-0.25, -0.2) is 0 Å². The number of rotatable bonds is 1. The van der Waals surface area contributed by atoms with Crippen molar-refractivity contribution in [2.45, 2.75) is 27.1 Å². The van der Waals surface area contributed by atoms with Crippen LogP contribution in [0, 0.1) is 12.3 Å². The van der Waals surface area contributed by atoms with Crippen molar-refractivity contribution in [2.75, 3.05) is 13.2 Å². The summed E-state index contributed by atoms with van der Waals surface area (Å²) in [6.07, 6.45) is -0.218. The summed E-state index contributed by atoms with van der Waals surface area (Å²) < 4.78 is 12.6. The van der Waals surface area contributed by atoms with Gasteiger partial charge in [0.2, 0.25) is 0 Å². The molecule has 1 aliphatic rings. The van der Waals surface area contributed by atoms with Gasteiger partial charge in [-0.15, -0.1) is 0 Å². The van der Waals surface area contributed by atoms with E-state index < -0.39 is 0 Å². The van der Waals surface area contributed by atoms with E-state index in [1.54, 1.807) is 0 Å². The van der Waals surface area contributed by atoms with E-state index in [9.17, 15) is 0 Å². The Morgan fingerprint density at radius 1 is 1.25 bits per heavy atom. The molecular weight excluding hydrogens is 268 g/mol. The number of benzene rings is 1. The number of ether oxygens (including phenoxy) is 2. The van der Waals surface area contributed by atoms with Crippen LogP contribution >= 0.6 is 15.9 Å². The molecule has 0 N–H and O–H groups in total. The SMILES string of the molecule is Cc1ccc(C2OCC(C)(C)CO2)cc1Br. The van der Waals surface area contributed by atoms with Crippen molar-refractivity contribution in [2.24, 2.45) is 5.41 Å². The smallest absolute Gasteiger partial charge is 0.183 e. The minimum atomic E-state index is -0.218. The summed E-state index contributed by atoms with van der Waals surface area (Å²) in [5.74, 6) is 0. The monoisotopic (exact) mass is 284 g/mol. The molecule has 1 aromatic rings. The van der Waals surface area contributed by atoms with E-state index in [1.807, 2.05) is 0 Å². The summed E-state index contributed by atoms with van der Waals surface area (Å²) in [6.45, 7) is 7.84. The van der Waals surface area contributed by atoms with E-state index in [1.165, 1.54) is 5.56 Å². The molecule has 2 rings (SSSR count). The topological polar surface area (TPSA) is 18.5 Å². The summed E-state index contributed by atoms with van der Waals surface area (Å²) in [6, 6.07) is 6.20. The molecule has 0 spiro atoms. The maximum atomic E-state index is 5.73. The molecule has 0 unspecified atom stereocenters. The molecule has 0 saturated carbocycles. The van der Waals surface area contributed by atoms with E-state index in [-0.39, 0.29) is 11.7 Å². The summed E-state index contributed by atoms with van der Waals surface area (Å²) >= 11 is 3.52. The molecule has 1 saturated heterocycles. The molecule has 16 heavy (non-hydrogen) atoms. The summed E-state index contributed by atoms with van der Waals surface area (Å²) in [5.41, 5.74) is 2.42. The molecule has 0 aromatic heterocycles. The van der Waals surface area contributed by atoms with Crippen LogP contribution in [0.2, 0.25) is 0 Å². The first-order chi connectivity index (χ1) is 7.48. The van der Waals surface area contributed by atoms with Crippen LogP contribution in [0.15, 0.2) is 22.7 Å². The first-order valence-electron chi connectivity index (χ1n) is 5.47. The van der Waals surface area contributed by atoms with Crippen LogP contribution in [0.25, 0.3) is 0 Å². The first-order valence-corrected chi connectivity index (χ1v) is 6.26. The lowest BCUT2D eigenvalue weighted by Crippen LogP contribution is -2.33. The Bertz CT molecular complexity index is 378. The molecule has 2 nitrogen and oxygen atoms in total. The van der Waals surface area contributed by atoms with Gasteiger partial charge < -0.3 is 9.47 Å². The van der Waals surface area contributed by atoms with Gasteiger partial charge in [0.25, 0.3) is 0 Å². The Morgan fingerprint density at radius 2 is 1.88 bits per heavy atom. The molecule has 0 aliphatic carbocycles. The van der Waals surface area contributed by atoms with Crippen LogP contribution in [0.4, 0.5) is 0 Å². The zero-order valence-electron chi connectivity index (χ0n) is 9.92. The van der Waals surface area contributed by atoms with E-state index in [4.69, 9.17) is 9.47 Å². The van der Waals surface area contributed by atoms with Gasteiger partial charge in [0, 0.05) is 15.5 Å². The fourth-order valence-electron chi connectivity index (χ4n) is 1.64. The maximum absolute atomic E-state index is 5.73. The third-order valence-corrected chi connectivity index (χ3v) is 3.57. The van der Waals surface area contributed by atoms with E-state index >= 15 is 0 Å². The average Bonchev–Trinajstić information content (AvgIpc) is 2.22. The summed E-state index contributed by atoms with van der Waals surface area (Å²) in [7, 11) is 0. The Labute approximate surface area is 105 Å². The Morgan fingerprint density at radius 3 is 2.44 bits per heavy atom. The predicted molar refractivity (Wildman–Crippen MR) is 67.3 cm³/mol. The maximum Gasteiger partial charge on any atom is 0.183 e. The van der Waals surface area contributed by atoms with Gasteiger partial charge in [-0.2, -0.15) is 0 Å². The van der Waals surface area contributed by atoms with Crippen LogP contribution < -0.4 is 0 Å². The van der Waals surface area contributed by atoms with Crippen molar-refractivity contribution in [1.29, 1.82) is 0 Å². The highest BCUT2D eigenvalue weighted by Gasteiger charge is 2.29. The van der Waals surface area contributed by atoms with Gasteiger partial charge in [0.05, 0.1) is 13.2 Å². The van der Waals surface area contributed by atoms with E-state index in [0.29, 0.717) is 0 Å². The van der Waals surface area contributed by atoms with Gasteiger partial charge in [-0.3, -0.25) is 0 Å². The number of aryl methyl sites for hydroxylation is 1. The number of hydrogen-bond acceptors (Lipinski definition) is 2. The highest BCUT2D eigenvalue weighted by molar-refractivity contribution is 9.10. The molecular formula is C13H17BrO2. The molecule has 0 radical (unpaired) electrons. The average molecular weight is 285 g/mol. The van der Waals surface area contributed by atoms with Gasteiger partial charge in [-0.1, -0.05) is 41.9 Å². The fourth-order valence-corrected chi connectivity index (χ4v) is 2.04. The van der Waals surface area contributed by atoms with Gasteiger partial charge in [0.15, 0.2) is 6.29 Å². The summed E-state index contributed by atoms with van der Waals surface area (Å²) in [5, 5.41) is 0. The summed E-state index contributed by atoms with van der Waals surface area (Å²) in [4.78, 5) is 0. The second kappa shape index (κ2) is 4.47. The Kier molecular flexibility index (Phi) is 3.38. The lowest BCUT2D eigenvalue weighted by molar-refractivity contribution is -0.226. The first kappa shape index (κ1) is 12.1. The van der Waals surface area contributed by atoms with Crippen molar-refractivity contribution in [3.8, 4) is 0 Å². The van der Waals surface area contributed by atoms with Gasteiger partial charge in [-0.05, 0) is 18.6 Å². The third-order valence-electron chi connectivity index (χ3n) is 2.72. The van der Waals surface area contributed by atoms with Gasteiger partial charge in [0.1, 0.15) is 0 Å². The number of hydrogen-bond donors (Lipinski definition) is 0. The predicted octanol–water partition coefficient (Wildman–Crippen LogP) is 3.83.